The average Bonchev–Trinajstić information content (AvgIpc) is 2.14. The molecule has 108 valence electrons. The zero-order chi connectivity index (χ0) is 14.4. The van der Waals surface area contributed by atoms with Crippen molar-refractivity contribution in [2.24, 2.45) is 10.4 Å². The standard InChI is InChI=1S/C14H31N3O/c1-9-15-12(17-14(5,6)7)16-10-11(18-8)13(2,3)4/h11H,9-10H2,1-8H3,(H2,15,16,17). The number of nitrogens with zero attached hydrogens (tertiary/aromatic N) is 1. The third-order valence-electron chi connectivity index (χ3n) is 2.50. The van der Waals surface area contributed by atoms with E-state index < -0.39 is 0 Å². The van der Waals surface area contributed by atoms with Crippen LogP contribution in [0.2, 0.25) is 0 Å². The number of rotatable bonds is 4. The Labute approximate surface area is 113 Å². The van der Waals surface area contributed by atoms with Crippen LogP contribution in [0, 0.1) is 5.41 Å². The summed E-state index contributed by atoms with van der Waals surface area (Å²) in [4.78, 5) is 4.61. The molecule has 0 heterocycles. The molecule has 0 saturated carbocycles. The van der Waals surface area contributed by atoms with Crippen LogP contribution in [0.1, 0.15) is 48.5 Å². The highest BCUT2D eigenvalue weighted by Crippen LogP contribution is 2.21. The molecular weight excluding hydrogens is 226 g/mol. The number of hydrogen-bond acceptors (Lipinski definition) is 2. The second-order valence-corrected chi connectivity index (χ2v) is 6.68. The minimum absolute atomic E-state index is 0.00526. The molecule has 0 aromatic rings. The van der Waals surface area contributed by atoms with Gasteiger partial charge in [0.2, 0.25) is 0 Å². The Morgan fingerprint density at radius 3 is 2.06 bits per heavy atom. The molecule has 0 amide bonds. The summed E-state index contributed by atoms with van der Waals surface area (Å²) >= 11 is 0. The maximum Gasteiger partial charge on any atom is 0.191 e. The normalized spacial score (nSPS) is 15.4. The molecular formula is C14H31N3O. The minimum Gasteiger partial charge on any atom is -0.379 e. The van der Waals surface area contributed by atoms with Crippen molar-refractivity contribution < 1.29 is 4.74 Å². The molecule has 4 heteroatoms. The molecule has 4 nitrogen and oxygen atoms in total. The van der Waals surface area contributed by atoms with Gasteiger partial charge in [0.1, 0.15) is 0 Å². The van der Waals surface area contributed by atoms with Gasteiger partial charge in [-0.05, 0) is 33.1 Å². The van der Waals surface area contributed by atoms with Crippen molar-refractivity contribution in [3.63, 3.8) is 0 Å². The lowest BCUT2D eigenvalue weighted by atomic mass is 9.89. The number of hydrogen-bond donors (Lipinski definition) is 2. The molecule has 1 unspecified atom stereocenters. The fourth-order valence-corrected chi connectivity index (χ4v) is 1.54. The monoisotopic (exact) mass is 257 g/mol. The Morgan fingerprint density at radius 1 is 1.17 bits per heavy atom. The lowest BCUT2D eigenvalue weighted by Crippen LogP contribution is -2.48. The molecule has 0 bridgehead atoms. The number of guanidine groups is 1. The summed E-state index contributed by atoms with van der Waals surface area (Å²) in [5.74, 6) is 0.844. The zero-order valence-electron chi connectivity index (χ0n) is 13.3. The molecule has 0 aromatic heterocycles. The Kier molecular flexibility index (Phi) is 6.68. The van der Waals surface area contributed by atoms with Gasteiger partial charge in [-0.2, -0.15) is 0 Å². The summed E-state index contributed by atoms with van der Waals surface area (Å²) in [5.41, 5.74) is 0.0998. The third-order valence-corrected chi connectivity index (χ3v) is 2.50. The number of methoxy groups -OCH3 is 1. The van der Waals surface area contributed by atoms with Crippen LogP contribution in [0.4, 0.5) is 0 Å². The number of aliphatic imine (C=N–C) groups is 1. The predicted molar refractivity (Wildman–Crippen MR) is 79.1 cm³/mol. The van der Waals surface area contributed by atoms with E-state index in [1.807, 2.05) is 0 Å². The molecule has 0 aliphatic heterocycles. The van der Waals surface area contributed by atoms with E-state index in [1.54, 1.807) is 7.11 Å². The van der Waals surface area contributed by atoms with E-state index in [0.29, 0.717) is 6.54 Å². The first-order valence-electron chi connectivity index (χ1n) is 6.69. The highest BCUT2D eigenvalue weighted by atomic mass is 16.5. The van der Waals surface area contributed by atoms with Crippen LogP contribution in [0.25, 0.3) is 0 Å². The Bertz CT molecular complexity index is 261. The Hall–Kier alpha value is -0.770. The van der Waals surface area contributed by atoms with E-state index in [0.717, 1.165) is 12.5 Å². The summed E-state index contributed by atoms with van der Waals surface area (Å²) in [7, 11) is 1.75. The summed E-state index contributed by atoms with van der Waals surface area (Å²) in [5, 5.41) is 6.62. The maximum absolute atomic E-state index is 5.51. The van der Waals surface area contributed by atoms with Gasteiger partial charge in [-0.3, -0.25) is 4.99 Å². The van der Waals surface area contributed by atoms with E-state index in [-0.39, 0.29) is 17.1 Å². The Morgan fingerprint density at radius 2 is 1.72 bits per heavy atom. The van der Waals surface area contributed by atoms with E-state index in [4.69, 9.17) is 4.74 Å². The molecule has 0 aromatic carbocycles. The van der Waals surface area contributed by atoms with Crippen molar-refractivity contribution in [3.8, 4) is 0 Å². The van der Waals surface area contributed by atoms with Gasteiger partial charge in [0.05, 0.1) is 12.6 Å². The molecule has 1 atom stereocenters. The van der Waals surface area contributed by atoms with Crippen LogP contribution in [0.15, 0.2) is 4.99 Å². The fourth-order valence-electron chi connectivity index (χ4n) is 1.54. The summed E-state index contributed by atoms with van der Waals surface area (Å²) in [6.45, 7) is 16.5. The highest BCUT2D eigenvalue weighted by Gasteiger charge is 2.24. The molecule has 0 saturated heterocycles. The van der Waals surface area contributed by atoms with Gasteiger partial charge in [0.25, 0.3) is 0 Å². The SMILES string of the molecule is CCNC(=NCC(OC)C(C)(C)C)NC(C)(C)C. The second-order valence-electron chi connectivity index (χ2n) is 6.68. The maximum atomic E-state index is 5.51. The molecule has 0 aliphatic carbocycles. The number of ether oxygens (including phenoxy) is 1. The first-order valence-corrected chi connectivity index (χ1v) is 6.69. The van der Waals surface area contributed by atoms with Crippen molar-refractivity contribution in [2.45, 2.75) is 60.1 Å². The van der Waals surface area contributed by atoms with E-state index in [9.17, 15) is 0 Å². The van der Waals surface area contributed by atoms with Crippen LogP contribution in [0.5, 0.6) is 0 Å². The van der Waals surface area contributed by atoms with Crippen LogP contribution in [-0.4, -0.2) is 37.8 Å². The molecule has 0 aliphatic rings. The minimum atomic E-state index is 0.00526. The number of nitrogens with one attached hydrogen (secondary N) is 2. The van der Waals surface area contributed by atoms with Gasteiger partial charge in [-0.1, -0.05) is 20.8 Å². The Balaban J connectivity index is 4.66. The lowest BCUT2D eigenvalue weighted by molar-refractivity contribution is 0.0241. The van der Waals surface area contributed by atoms with E-state index in [1.165, 1.54) is 0 Å². The molecule has 0 fully saturated rings. The van der Waals surface area contributed by atoms with Crippen molar-refractivity contribution in [1.82, 2.24) is 10.6 Å². The van der Waals surface area contributed by atoms with Crippen LogP contribution >= 0.6 is 0 Å². The molecule has 0 spiro atoms. The van der Waals surface area contributed by atoms with Crippen LogP contribution < -0.4 is 10.6 Å². The summed E-state index contributed by atoms with van der Waals surface area (Å²) in [6.07, 6.45) is 0.118. The van der Waals surface area contributed by atoms with Gasteiger partial charge in [-0.25, -0.2) is 0 Å². The van der Waals surface area contributed by atoms with Crippen LogP contribution in [0.3, 0.4) is 0 Å². The van der Waals surface area contributed by atoms with Crippen LogP contribution in [-0.2, 0) is 4.74 Å². The first kappa shape index (κ1) is 17.2. The predicted octanol–water partition coefficient (Wildman–Crippen LogP) is 2.40. The summed E-state index contributed by atoms with van der Waals surface area (Å²) < 4.78 is 5.51. The van der Waals surface area contributed by atoms with E-state index in [2.05, 4.69) is 64.1 Å². The topological polar surface area (TPSA) is 45.7 Å². The van der Waals surface area contributed by atoms with Crippen molar-refractivity contribution in [1.29, 1.82) is 0 Å². The third kappa shape index (κ3) is 7.54. The van der Waals surface area contributed by atoms with Gasteiger partial charge >= 0.3 is 0 Å². The van der Waals surface area contributed by atoms with E-state index >= 15 is 0 Å². The molecule has 0 radical (unpaired) electrons. The molecule has 2 N–H and O–H groups in total. The summed E-state index contributed by atoms with van der Waals surface area (Å²) in [6, 6.07) is 0. The molecule has 18 heavy (non-hydrogen) atoms. The smallest absolute Gasteiger partial charge is 0.191 e. The first-order chi connectivity index (χ1) is 8.10. The van der Waals surface area contributed by atoms with Gasteiger partial charge in [-0.15, -0.1) is 0 Å². The van der Waals surface area contributed by atoms with Crippen molar-refractivity contribution in [3.05, 3.63) is 0 Å². The second kappa shape index (κ2) is 6.98. The highest BCUT2D eigenvalue weighted by molar-refractivity contribution is 5.80. The van der Waals surface area contributed by atoms with Crippen molar-refractivity contribution >= 4 is 5.96 Å². The average molecular weight is 257 g/mol. The lowest BCUT2D eigenvalue weighted by Gasteiger charge is -2.29. The van der Waals surface area contributed by atoms with Gasteiger partial charge < -0.3 is 15.4 Å². The van der Waals surface area contributed by atoms with Crippen molar-refractivity contribution in [2.75, 3.05) is 20.2 Å². The van der Waals surface area contributed by atoms with Gasteiger partial charge in [0.15, 0.2) is 5.96 Å². The quantitative estimate of drug-likeness (QED) is 0.600. The molecule has 0 rings (SSSR count). The largest absolute Gasteiger partial charge is 0.379 e. The fraction of sp³-hybridized carbons (Fsp3) is 0.929. The van der Waals surface area contributed by atoms with Gasteiger partial charge in [0, 0.05) is 19.2 Å². The zero-order valence-corrected chi connectivity index (χ0v) is 13.3.